The Balaban J connectivity index is 1.68. The van der Waals surface area contributed by atoms with Gasteiger partial charge in [-0.1, -0.05) is 42.5 Å². The Hall–Kier alpha value is -3.07. The van der Waals surface area contributed by atoms with Crippen LogP contribution in [0.2, 0.25) is 0 Å². The van der Waals surface area contributed by atoms with E-state index < -0.39 is 0 Å². The molecule has 0 fully saturated rings. The maximum absolute atomic E-state index is 5.85. The molecule has 24 heavy (non-hydrogen) atoms. The van der Waals surface area contributed by atoms with Crippen LogP contribution in [0.15, 0.2) is 65.1 Å². The fraction of sp³-hybridized carbons (Fsp3) is 0.0952. The normalized spacial score (nSPS) is 11.6. The van der Waals surface area contributed by atoms with Crippen LogP contribution in [0.4, 0.5) is 5.69 Å². The van der Waals surface area contributed by atoms with Gasteiger partial charge in [0.05, 0.1) is 0 Å². The van der Waals surface area contributed by atoms with Gasteiger partial charge in [0.1, 0.15) is 5.52 Å². The third-order valence-electron chi connectivity index (χ3n) is 4.13. The highest BCUT2D eigenvalue weighted by atomic mass is 16.3. The van der Waals surface area contributed by atoms with Gasteiger partial charge in [-0.3, -0.25) is 0 Å². The highest BCUT2D eigenvalue weighted by Crippen LogP contribution is 2.26. The van der Waals surface area contributed by atoms with Crippen molar-refractivity contribution >= 4 is 39.7 Å². The summed E-state index contributed by atoms with van der Waals surface area (Å²) in [7, 11) is 4.07. The number of benzene rings is 3. The first-order valence-electron chi connectivity index (χ1n) is 7.94. The Morgan fingerprint density at radius 1 is 0.875 bits per heavy atom. The smallest absolute Gasteiger partial charge is 0.220 e. The van der Waals surface area contributed by atoms with Gasteiger partial charge in [0, 0.05) is 31.2 Å². The summed E-state index contributed by atoms with van der Waals surface area (Å²) >= 11 is 0. The Bertz CT molecular complexity index is 1030. The van der Waals surface area contributed by atoms with Crippen molar-refractivity contribution in [1.29, 1.82) is 0 Å². The molecular formula is C21H18N2O. The summed E-state index contributed by atoms with van der Waals surface area (Å²) in [4.78, 5) is 6.72. The Kier molecular flexibility index (Phi) is 3.54. The second kappa shape index (κ2) is 5.85. The highest BCUT2D eigenvalue weighted by Gasteiger charge is 2.07. The SMILES string of the molecule is CN(C)c1ccc(/C=C/c2nc3c(ccc4ccccc43)o2)cc1. The fourth-order valence-electron chi connectivity index (χ4n) is 2.80. The van der Waals surface area contributed by atoms with Crippen LogP contribution in [0.1, 0.15) is 11.5 Å². The zero-order chi connectivity index (χ0) is 16.5. The molecule has 118 valence electrons. The topological polar surface area (TPSA) is 29.3 Å². The average molecular weight is 314 g/mol. The molecule has 3 aromatic carbocycles. The molecule has 0 radical (unpaired) electrons. The lowest BCUT2D eigenvalue weighted by Gasteiger charge is -2.11. The predicted octanol–water partition coefficient (Wildman–Crippen LogP) is 5.22. The molecule has 0 amide bonds. The van der Waals surface area contributed by atoms with Gasteiger partial charge in [-0.25, -0.2) is 4.98 Å². The van der Waals surface area contributed by atoms with Gasteiger partial charge in [0.25, 0.3) is 0 Å². The minimum atomic E-state index is 0.623. The summed E-state index contributed by atoms with van der Waals surface area (Å²) in [5, 5.41) is 2.29. The minimum absolute atomic E-state index is 0.623. The summed E-state index contributed by atoms with van der Waals surface area (Å²) < 4.78 is 5.85. The average Bonchev–Trinajstić information content (AvgIpc) is 3.04. The van der Waals surface area contributed by atoms with Crippen molar-refractivity contribution in [3.05, 3.63) is 72.1 Å². The summed E-state index contributed by atoms with van der Waals surface area (Å²) in [6.07, 6.45) is 3.94. The first-order valence-corrected chi connectivity index (χ1v) is 7.94. The minimum Gasteiger partial charge on any atom is -0.437 e. The molecule has 0 bridgehead atoms. The number of hydrogen-bond acceptors (Lipinski definition) is 3. The Morgan fingerprint density at radius 2 is 1.67 bits per heavy atom. The van der Waals surface area contributed by atoms with Crippen molar-refractivity contribution in [2.75, 3.05) is 19.0 Å². The molecule has 0 saturated carbocycles. The standard InChI is InChI=1S/C21H18N2O/c1-23(2)17-11-7-15(8-12-17)9-14-20-22-21-18-6-4-3-5-16(18)10-13-19(21)24-20/h3-14H,1-2H3/b14-9+. The first-order chi connectivity index (χ1) is 11.7. The lowest BCUT2D eigenvalue weighted by atomic mass is 10.1. The van der Waals surface area contributed by atoms with E-state index in [1.807, 2.05) is 44.4 Å². The van der Waals surface area contributed by atoms with E-state index in [1.54, 1.807) is 0 Å². The van der Waals surface area contributed by atoms with E-state index in [9.17, 15) is 0 Å². The molecule has 0 saturated heterocycles. The maximum Gasteiger partial charge on any atom is 0.220 e. The number of aromatic nitrogens is 1. The van der Waals surface area contributed by atoms with Crippen molar-refractivity contribution in [2.24, 2.45) is 0 Å². The molecule has 0 atom stereocenters. The van der Waals surface area contributed by atoms with Crippen molar-refractivity contribution < 1.29 is 4.42 Å². The second-order valence-electron chi connectivity index (χ2n) is 6.00. The molecule has 4 aromatic rings. The first kappa shape index (κ1) is 14.5. The maximum atomic E-state index is 5.85. The van der Waals surface area contributed by atoms with Crippen LogP contribution < -0.4 is 4.90 Å². The predicted molar refractivity (Wildman–Crippen MR) is 101 cm³/mol. The van der Waals surface area contributed by atoms with Gasteiger partial charge in [-0.15, -0.1) is 0 Å². The third-order valence-corrected chi connectivity index (χ3v) is 4.13. The molecule has 0 N–H and O–H groups in total. The number of oxazole rings is 1. The molecular weight excluding hydrogens is 296 g/mol. The number of hydrogen-bond donors (Lipinski definition) is 0. The number of fused-ring (bicyclic) bond motifs is 3. The molecule has 0 aliphatic carbocycles. The fourth-order valence-corrected chi connectivity index (χ4v) is 2.80. The molecule has 1 heterocycles. The van der Waals surface area contributed by atoms with E-state index in [0.29, 0.717) is 5.89 Å². The van der Waals surface area contributed by atoms with Crippen molar-refractivity contribution in [3.63, 3.8) is 0 Å². The molecule has 3 heteroatoms. The highest BCUT2D eigenvalue weighted by molar-refractivity contribution is 6.03. The zero-order valence-corrected chi connectivity index (χ0v) is 13.7. The van der Waals surface area contributed by atoms with Crippen molar-refractivity contribution in [2.45, 2.75) is 0 Å². The van der Waals surface area contributed by atoms with Crippen molar-refractivity contribution in [1.82, 2.24) is 4.98 Å². The molecule has 0 spiro atoms. The summed E-state index contributed by atoms with van der Waals surface area (Å²) in [5.74, 6) is 0.623. The van der Waals surface area contributed by atoms with Crippen LogP contribution in [0.5, 0.6) is 0 Å². The van der Waals surface area contributed by atoms with Crippen LogP contribution in [-0.4, -0.2) is 19.1 Å². The zero-order valence-electron chi connectivity index (χ0n) is 13.7. The quantitative estimate of drug-likeness (QED) is 0.519. The third kappa shape index (κ3) is 2.65. The second-order valence-corrected chi connectivity index (χ2v) is 6.00. The monoisotopic (exact) mass is 314 g/mol. The van der Waals surface area contributed by atoms with E-state index in [-0.39, 0.29) is 0 Å². The van der Waals surface area contributed by atoms with Crippen LogP contribution in [0.3, 0.4) is 0 Å². The lowest BCUT2D eigenvalue weighted by Crippen LogP contribution is -2.07. The summed E-state index contributed by atoms with van der Waals surface area (Å²) in [6, 6.07) is 20.6. The summed E-state index contributed by atoms with van der Waals surface area (Å²) in [6.45, 7) is 0. The van der Waals surface area contributed by atoms with E-state index in [4.69, 9.17) is 4.42 Å². The van der Waals surface area contributed by atoms with E-state index in [2.05, 4.69) is 52.3 Å². The van der Waals surface area contributed by atoms with E-state index in [1.165, 1.54) is 11.1 Å². The van der Waals surface area contributed by atoms with Crippen LogP contribution in [0, 0.1) is 0 Å². The van der Waals surface area contributed by atoms with Crippen LogP contribution in [0.25, 0.3) is 34.0 Å². The van der Waals surface area contributed by atoms with Crippen molar-refractivity contribution in [3.8, 4) is 0 Å². The van der Waals surface area contributed by atoms with Gasteiger partial charge < -0.3 is 9.32 Å². The largest absolute Gasteiger partial charge is 0.437 e. The molecule has 0 aliphatic rings. The molecule has 4 rings (SSSR count). The van der Waals surface area contributed by atoms with Gasteiger partial charge >= 0.3 is 0 Å². The van der Waals surface area contributed by atoms with E-state index >= 15 is 0 Å². The van der Waals surface area contributed by atoms with Crippen LogP contribution in [-0.2, 0) is 0 Å². The Morgan fingerprint density at radius 3 is 2.46 bits per heavy atom. The molecule has 1 aromatic heterocycles. The van der Waals surface area contributed by atoms with Gasteiger partial charge in [-0.05, 0) is 35.2 Å². The molecule has 0 unspecified atom stereocenters. The lowest BCUT2D eigenvalue weighted by molar-refractivity contribution is 0.590. The van der Waals surface area contributed by atoms with Gasteiger partial charge in [0.2, 0.25) is 5.89 Å². The molecule has 3 nitrogen and oxygen atoms in total. The Labute approximate surface area is 140 Å². The van der Waals surface area contributed by atoms with Gasteiger partial charge in [0.15, 0.2) is 5.58 Å². The molecule has 0 aliphatic heterocycles. The van der Waals surface area contributed by atoms with E-state index in [0.717, 1.165) is 22.0 Å². The number of rotatable bonds is 3. The van der Waals surface area contributed by atoms with Gasteiger partial charge in [-0.2, -0.15) is 0 Å². The number of nitrogens with zero attached hydrogens (tertiary/aromatic N) is 2. The number of anilines is 1. The van der Waals surface area contributed by atoms with Crippen LogP contribution >= 0.6 is 0 Å². The summed E-state index contributed by atoms with van der Waals surface area (Å²) in [5.41, 5.74) is 4.03.